The first kappa shape index (κ1) is 16.6. The van der Waals surface area contributed by atoms with Crippen molar-refractivity contribution in [2.75, 3.05) is 26.6 Å². The number of para-hydroxylation sites is 1. The van der Waals surface area contributed by atoms with Gasteiger partial charge >= 0.3 is 0 Å². The lowest BCUT2D eigenvalue weighted by Gasteiger charge is -2.13. The molecule has 0 aliphatic heterocycles. The fourth-order valence-electron chi connectivity index (χ4n) is 2.61. The monoisotopic (exact) mass is 338 g/mol. The average molecular weight is 338 g/mol. The van der Waals surface area contributed by atoms with Gasteiger partial charge in [0.1, 0.15) is 17.2 Å². The molecule has 1 N–H and O–H groups in total. The molecule has 3 rings (SSSR count). The van der Waals surface area contributed by atoms with Crippen LogP contribution in [-0.4, -0.2) is 32.2 Å². The van der Waals surface area contributed by atoms with Gasteiger partial charge in [0.25, 0.3) is 5.91 Å². The minimum Gasteiger partial charge on any atom is -0.497 e. The molecule has 1 aromatic heterocycles. The van der Waals surface area contributed by atoms with Crippen molar-refractivity contribution in [2.45, 2.75) is 0 Å². The highest BCUT2D eigenvalue weighted by atomic mass is 16.5. The lowest BCUT2D eigenvalue weighted by molar-refractivity contribution is 0.102. The zero-order valence-electron chi connectivity index (χ0n) is 14.2. The number of methoxy groups -OCH3 is 3. The van der Waals surface area contributed by atoms with Crippen LogP contribution >= 0.6 is 0 Å². The van der Waals surface area contributed by atoms with E-state index in [1.54, 1.807) is 50.7 Å². The summed E-state index contributed by atoms with van der Waals surface area (Å²) in [5.41, 5.74) is 1.62. The Labute approximate surface area is 145 Å². The van der Waals surface area contributed by atoms with E-state index in [4.69, 9.17) is 14.2 Å². The Morgan fingerprint density at radius 2 is 1.76 bits per heavy atom. The molecule has 0 radical (unpaired) electrons. The predicted molar refractivity (Wildman–Crippen MR) is 95.8 cm³/mol. The van der Waals surface area contributed by atoms with Crippen LogP contribution in [0.3, 0.4) is 0 Å². The number of pyridine rings is 1. The fourth-order valence-corrected chi connectivity index (χ4v) is 2.61. The number of rotatable bonds is 5. The van der Waals surface area contributed by atoms with Crippen molar-refractivity contribution in [2.24, 2.45) is 0 Å². The molecule has 0 aliphatic carbocycles. The fraction of sp³-hybridized carbons (Fsp3) is 0.158. The Kier molecular flexibility index (Phi) is 4.70. The number of aromatic nitrogens is 1. The van der Waals surface area contributed by atoms with E-state index in [1.165, 1.54) is 7.11 Å². The molecule has 0 spiro atoms. The van der Waals surface area contributed by atoms with E-state index in [0.29, 0.717) is 34.0 Å². The molecule has 1 heterocycles. The molecule has 6 nitrogen and oxygen atoms in total. The smallest absolute Gasteiger partial charge is 0.259 e. The van der Waals surface area contributed by atoms with Crippen molar-refractivity contribution >= 4 is 22.5 Å². The molecule has 128 valence electrons. The minimum absolute atomic E-state index is 0.312. The van der Waals surface area contributed by atoms with Gasteiger partial charge in [0.15, 0.2) is 0 Å². The Balaban J connectivity index is 2.01. The molecular weight excluding hydrogens is 320 g/mol. The summed E-state index contributed by atoms with van der Waals surface area (Å²) in [6.45, 7) is 0. The van der Waals surface area contributed by atoms with Gasteiger partial charge in [0.2, 0.25) is 0 Å². The average Bonchev–Trinajstić information content (AvgIpc) is 2.67. The molecule has 0 aliphatic rings. The summed E-state index contributed by atoms with van der Waals surface area (Å²) in [6, 6.07) is 12.4. The summed E-state index contributed by atoms with van der Waals surface area (Å²) in [7, 11) is 4.66. The molecule has 0 atom stereocenters. The van der Waals surface area contributed by atoms with E-state index in [-0.39, 0.29) is 5.91 Å². The minimum atomic E-state index is -0.312. The van der Waals surface area contributed by atoms with E-state index in [0.717, 1.165) is 5.39 Å². The molecule has 0 saturated carbocycles. The third-order valence-corrected chi connectivity index (χ3v) is 3.85. The number of carbonyl (C=O) groups excluding carboxylic acids is 1. The van der Waals surface area contributed by atoms with Crippen LogP contribution in [0.5, 0.6) is 17.2 Å². The molecule has 0 bridgehead atoms. The first-order valence-electron chi connectivity index (χ1n) is 7.63. The Hall–Kier alpha value is -3.28. The Morgan fingerprint density at radius 3 is 2.48 bits per heavy atom. The predicted octanol–water partition coefficient (Wildman–Crippen LogP) is 3.51. The van der Waals surface area contributed by atoms with Crippen LogP contribution in [0.2, 0.25) is 0 Å². The van der Waals surface area contributed by atoms with E-state index in [9.17, 15) is 4.79 Å². The second kappa shape index (κ2) is 7.09. The number of amides is 1. The molecule has 1 amide bonds. The van der Waals surface area contributed by atoms with Gasteiger partial charge in [-0.1, -0.05) is 6.07 Å². The summed E-state index contributed by atoms with van der Waals surface area (Å²) in [6.07, 6.45) is 1.64. The van der Waals surface area contributed by atoms with Crippen molar-refractivity contribution in [1.29, 1.82) is 0 Å². The van der Waals surface area contributed by atoms with Gasteiger partial charge in [-0.15, -0.1) is 0 Å². The van der Waals surface area contributed by atoms with Crippen molar-refractivity contribution in [3.8, 4) is 17.2 Å². The van der Waals surface area contributed by atoms with Crippen molar-refractivity contribution < 1.29 is 19.0 Å². The largest absolute Gasteiger partial charge is 0.497 e. The van der Waals surface area contributed by atoms with Gasteiger partial charge in [-0.05, 0) is 36.4 Å². The number of benzene rings is 2. The third-order valence-electron chi connectivity index (χ3n) is 3.85. The normalized spacial score (nSPS) is 10.4. The van der Waals surface area contributed by atoms with Gasteiger partial charge in [0, 0.05) is 11.6 Å². The second-order valence-corrected chi connectivity index (χ2v) is 5.24. The molecule has 0 saturated heterocycles. The zero-order valence-corrected chi connectivity index (χ0v) is 14.2. The number of hydrogen-bond donors (Lipinski definition) is 1. The van der Waals surface area contributed by atoms with Gasteiger partial charge in [-0.2, -0.15) is 0 Å². The number of fused-ring (bicyclic) bond motifs is 1. The summed E-state index contributed by atoms with van der Waals surface area (Å²) < 4.78 is 15.8. The zero-order chi connectivity index (χ0) is 17.8. The lowest BCUT2D eigenvalue weighted by atomic mass is 10.1. The number of ether oxygens (including phenoxy) is 3. The third kappa shape index (κ3) is 3.19. The maximum atomic E-state index is 12.8. The topological polar surface area (TPSA) is 69.7 Å². The first-order chi connectivity index (χ1) is 12.2. The van der Waals surface area contributed by atoms with Crippen molar-refractivity contribution in [3.63, 3.8) is 0 Å². The van der Waals surface area contributed by atoms with Crippen LogP contribution in [0.4, 0.5) is 5.69 Å². The SMILES string of the molecule is COc1ccc(OC)c(C(=O)Nc2cccc3c(OC)ccnc23)c1. The summed E-state index contributed by atoms with van der Waals surface area (Å²) in [4.78, 5) is 17.1. The number of carbonyl (C=O) groups is 1. The van der Waals surface area contributed by atoms with Crippen LogP contribution in [0, 0.1) is 0 Å². The van der Waals surface area contributed by atoms with Crippen LogP contribution in [0.25, 0.3) is 10.9 Å². The van der Waals surface area contributed by atoms with Gasteiger partial charge in [0.05, 0.1) is 38.1 Å². The molecule has 2 aromatic carbocycles. The quantitative estimate of drug-likeness (QED) is 0.771. The number of anilines is 1. The van der Waals surface area contributed by atoms with E-state index >= 15 is 0 Å². The molecule has 3 aromatic rings. The van der Waals surface area contributed by atoms with E-state index in [1.807, 2.05) is 12.1 Å². The Morgan fingerprint density at radius 1 is 0.960 bits per heavy atom. The molecular formula is C19H18N2O4. The van der Waals surface area contributed by atoms with Crippen molar-refractivity contribution in [3.05, 3.63) is 54.2 Å². The highest BCUT2D eigenvalue weighted by molar-refractivity contribution is 6.10. The first-order valence-corrected chi connectivity index (χ1v) is 7.63. The molecule has 0 unspecified atom stereocenters. The number of nitrogens with one attached hydrogen (secondary N) is 1. The highest BCUT2D eigenvalue weighted by Crippen LogP contribution is 2.30. The maximum Gasteiger partial charge on any atom is 0.259 e. The standard InChI is InChI=1S/C19H18N2O4/c1-23-12-7-8-16(24-2)14(11-12)19(22)21-15-6-4-5-13-17(25-3)9-10-20-18(13)15/h4-11H,1-3H3,(H,21,22). The van der Waals surface area contributed by atoms with E-state index < -0.39 is 0 Å². The summed E-state index contributed by atoms with van der Waals surface area (Å²) in [5, 5.41) is 3.71. The van der Waals surface area contributed by atoms with Crippen LogP contribution < -0.4 is 19.5 Å². The maximum absolute atomic E-state index is 12.8. The van der Waals surface area contributed by atoms with Crippen molar-refractivity contribution in [1.82, 2.24) is 4.98 Å². The molecule has 0 fully saturated rings. The van der Waals surface area contributed by atoms with Gasteiger partial charge in [-0.3, -0.25) is 9.78 Å². The molecule has 6 heteroatoms. The van der Waals surface area contributed by atoms with Crippen LogP contribution in [0.15, 0.2) is 48.7 Å². The number of nitrogens with zero attached hydrogens (tertiary/aromatic N) is 1. The summed E-state index contributed by atoms with van der Waals surface area (Å²) in [5.74, 6) is 1.42. The number of hydrogen-bond acceptors (Lipinski definition) is 5. The summed E-state index contributed by atoms with van der Waals surface area (Å²) >= 11 is 0. The second-order valence-electron chi connectivity index (χ2n) is 5.24. The van der Waals surface area contributed by atoms with E-state index in [2.05, 4.69) is 10.3 Å². The van der Waals surface area contributed by atoms with Crippen LogP contribution in [0.1, 0.15) is 10.4 Å². The van der Waals surface area contributed by atoms with Gasteiger partial charge < -0.3 is 19.5 Å². The van der Waals surface area contributed by atoms with Gasteiger partial charge in [-0.25, -0.2) is 0 Å². The Bertz CT molecular complexity index is 924. The lowest BCUT2D eigenvalue weighted by Crippen LogP contribution is -2.14. The highest BCUT2D eigenvalue weighted by Gasteiger charge is 2.16. The van der Waals surface area contributed by atoms with Crippen LogP contribution in [-0.2, 0) is 0 Å². The molecule has 25 heavy (non-hydrogen) atoms.